The van der Waals surface area contributed by atoms with E-state index < -0.39 is 0 Å². The first-order valence-corrected chi connectivity index (χ1v) is 6.40. The second kappa shape index (κ2) is 8.30. The van der Waals surface area contributed by atoms with E-state index in [-0.39, 0.29) is 5.91 Å². The van der Waals surface area contributed by atoms with Crippen molar-refractivity contribution in [3.8, 4) is 11.8 Å². The molecule has 1 aromatic rings. The van der Waals surface area contributed by atoms with E-state index in [1.54, 1.807) is 7.05 Å². The Balaban J connectivity index is 2.71. The average molecular weight is 259 g/mol. The Morgan fingerprint density at radius 2 is 2.26 bits per heavy atom. The van der Waals surface area contributed by atoms with Crippen molar-refractivity contribution < 1.29 is 4.79 Å². The first kappa shape index (κ1) is 15.2. The molecule has 0 radical (unpaired) electrons. The summed E-state index contributed by atoms with van der Waals surface area (Å²) >= 11 is 0. The van der Waals surface area contributed by atoms with Crippen LogP contribution in [0.5, 0.6) is 0 Å². The molecule has 0 aliphatic carbocycles. The molecule has 0 fully saturated rings. The van der Waals surface area contributed by atoms with Gasteiger partial charge in [0, 0.05) is 19.2 Å². The van der Waals surface area contributed by atoms with Crippen molar-refractivity contribution in [2.24, 2.45) is 5.73 Å². The molecule has 0 bridgehead atoms. The molecule has 4 nitrogen and oxygen atoms in total. The van der Waals surface area contributed by atoms with Gasteiger partial charge < -0.3 is 11.1 Å². The highest BCUT2D eigenvalue weighted by atomic mass is 16.1. The molecule has 0 aliphatic rings. The number of benzene rings is 1. The van der Waals surface area contributed by atoms with Crippen molar-refractivity contribution in [3.63, 3.8) is 0 Å². The summed E-state index contributed by atoms with van der Waals surface area (Å²) in [5.74, 6) is 5.88. The quantitative estimate of drug-likeness (QED) is 0.760. The molecule has 1 amide bonds. The Bertz CT molecular complexity index is 474. The summed E-state index contributed by atoms with van der Waals surface area (Å²) in [5.41, 5.74) is 7.47. The SMILES string of the molecule is CCN(CC(=O)NC)Cc1cccc(C#CCN)c1. The molecule has 0 saturated carbocycles. The van der Waals surface area contributed by atoms with E-state index in [2.05, 4.69) is 22.1 Å². The molecule has 0 aliphatic heterocycles. The minimum Gasteiger partial charge on any atom is -0.358 e. The lowest BCUT2D eigenvalue weighted by Crippen LogP contribution is -2.35. The van der Waals surface area contributed by atoms with Crippen LogP contribution in [0.2, 0.25) is 0 Å². The predicted octanol–water partition coefficient (Wildman–Crippen LogP) is 0.565. The first-order valence-electron chi connectivity index (χ1n) is 6.40. The monoisotopic (exact) mass is 259 g/mol. The molecule has 19 heavy (non-hydrogen) atoms. The van der Waals surface area contributed by atoms with E-state index in [4.69, 9.17) is 5.73 Å². The van der Waals surface area contributed by atoms with Crippen LogP contribution in [0, 0.1) is 11.8 Å². The maximum Gasteiger partial charge on any atom is 0.233 e. The summed E-state index contributed by atoms with van der Waals surface area (Å²) in [6, 6.07) is 8.01. The van der Waals surface area contributed by atoms with Gasteiger partial charge in [0.2, 0.25) is 5.91 Å². The van der Waals surface area contributed by atoms with Gasteiger partial charge in [0.15, 0.2) is 0 Å². The third-order valence-corrected chi connectivity index (χ3v) is 2.76. The van der Waals surface area contributed by atoms with Gasteiger partial charge in [-0.25, -0.2) is 0 Å². The van der Waals surface area contributed by atoms with E-state index in [1.807, 2.05) is 31.2 Å². The molecule has 102 valence electrons. The highest BCUT2D eigenvalue weighted by Crippen LogP contribution is 2.07. The Kier molecular flexibility index (Phi) is 6.65. The second-order valence-corrected chi connectivity index (χ2v) is 4.18. The van der Waals surface area contributed by atoms with Crippen molar-refractivity contribution in [2.45, 2.75) is 13.5 Å². The summed E-state index contributed by atoms with van der Waals surface area (Å²) in [4.78, 5) is 13.5. The Morgan fingerprint density at radius 1 is 1.47 bits per heavy atom. The van der Waals surface area contributed by atoms with E-state index >= 15 is 0 Å². The zero-order valence-corrected chi connectivity index (χ0v) is 11.6. The highest BCUT2D eigenvalue weighted by molar-refractivity contribution is 5.77. The van der Waals surface area contributed by atoms with Gasteiger partial charge >= 0.3 is 0 Å². The number of rotatable bonds is 5. The van der Waals surface area contributed by atoms with Crippen LogP contribution in [0.25, 0.3) is 0 Å². The molecular weight excluding hydrogens is 238 g/mol. The molecule has 4 heteroatoms. The lowest BCUT2D eigenvalue weighted by Gasteiger charge is -2.19. The molecule has 0 atom stereocenters. The van der Waals surface area contributed by atoms with E-state index in [9.17, 15) is 4.79 Å². The van der Waals surface area contributed by atoms with Crippen LogP contribution >= 0.6 is 0 Å². The van der Waals surface area contributed by atoms with Crippen LogP contribution in [-0.2, 0) is 11.3 Å². The third-order valence-electron chi connectivity index (χ3n) is 2.76. The fourth-order valence-corrected chi connectivity index (χ4v) is 1.72. The van der Waals surface area contributed by atoms with Crippen LogP contribution < -0.4 is 11.1 Å². The number of amides is 1. The summed E-state index contributed by atoms with van der Waals surface area (Å²) < 4.78 is 0. The van der Waals surface area contributed by atoms with Gasteiger partial charge in [0.05, 0.1) is 13.1 Å². The van der Waals surface area contributed by atoms with Crippen molar-refractivity contribution in [3.05, 3.63) is 35.4 Å². The minimum atomic E-state index is 0.0286. The molecular formula is C15H21N3O. The fraction of sp³-hybridized carbons (Fsp3) is 0.400. The van der Waals surface area contributed by atoms with Crippen molar-refractivity contribution >= 4 is 5.91 Å². The fourth-order valence-electron chi connectivity index (χ4n) is 1.72. The summed E-state index contributed by atoms with van der Waals surface area (Å²) in [5, 5.41) is 2.64. The topological polar surface area (TPSA) is 58.4 Å². The number of nitrogens with two attached hydrogens (primary N) is 1. The molecule has 1 aromatic carbocycles. The van der Waals surface area contributed by atoms with E-state index in [1.165, 1.54) is 0 Å². The van der Waals surface area contributed by atoms with Gasteiger partial charge in [-0.1, -0.05) is 30.9 Å². The average Bonchev–Trinajstić information content (AvgIpc) is 2.44. The standard InChI is InChI=1S/C15H21N3O/c1-3-18(12-15(19)17-2)11-14-7-4-6-13(10-14)8-5-9-16/h4,6-7,10H,3,9,11-12,16H2,1-2H3,(H,17,19). The van der Waals surface area contributed by atoms with Crippen LogP contribution in [0.1, 0.15) is 18.1 Å². The van der Waals surface area contributed by atoms with Crippen LogP contribution in [0.4, 0.5) is 0 Å². The van der Waals surface area contributed by atoms with Crippen LogP contribution in [0.15, 0.2) is 24.3 Å². The molecule has 0 aromatic heterocycles. The maximum atomic E-state index is 11.4. The number of carbonyl (C=O) groups is 1. The van der Waals surface area contributed by atoms with Gasteiger partial charge in [0.25, 0.3) is 0 Å². The highest BCUT2D eigenvalue weighted by Gasteiger charge is 2.08. The summed E-state index contributed by atoms with van der Waals surface area (Å²) in [7, 11) is 1.65. The summed E-state index contributed by atoms with van der Waals surface area (Å²) in [6.45, 7) is 4.38. The molecule has 0 saturated heterocycles. The Labute approximate surface area is 115 Å². The van der Waals surface area contributed by atoms with Crippen LogP contribution in [0.3, 0.4) is 0 Å². The largest absolute Gasteiger partial charge is 0.358 e. The van der Waals surface area contributed by atoms with Crippen molar-refractivity contribution in [1.82, 2.24) is 10.2 Å². The van der Waals surface area contributed by atoms with Gasteiger partial charge in [0.1, 0.15) is 0 Å². The van der Waals surface area contributed by atoms with Gasteiger partial charge in [-0.15, -0.1) is 0 Å². The van der Waals surface area contributed by atoms with E-state index in [0.29, 0.717) is 13.1 Å². The zero-order chi connectivity index (χ0) is 14.1. The van der Waals surface area contributed by atoms with Crippen LogP contribution in [-0.4, -0.2) is 37.5 Å². The van der Waals surface area contributed by atoms with Gasteiger partial charge in [-0.05, 0) is 24.2 Å². The molecule has 0 heterocycles. The molecule has 0 spiro atoms. The smallest absolute Gasteiger partial charge is 0.233 e. The number of hydrogen-bond donors (Lipinski definition) is 2. The van der Waals surface area contributed by atoms with Gasteiger partial charge in [-0.3, -0.25) is 9.69 Å². The maximum absolute atomic E-state index is 11.4. The number of hydrogen-bond acceptors (Lipinski definition) is 3. The number of nitrogens with one attached hydrogen (secondary N) is 1. The zero-order valence-electron chi connectivity index (χ0n) is 11.6. The van der Waals surface area contributed by atoms with Crippen molar-refractivity contribution in [2.75, 3.05) is 26.7 Å². The third kappa shape index (κ3) is 5.56. The predicted molar refractivity (Wildman–Crippen MR) is 77.4 cm³/mol. The van der Waals surface area contributed by atoms with Gasteiger partial charge in [-0.2, -0.15) is 0 Å². The first-order chi connectivity index (χ1) is 9.19. The Hall–Kier alpha value is -1.83. The van der Waals surface area contributed by atoms with Crippen molar-refractivity contribution in [1.29, 1.82) is 0 Å². The number of likely N-dealkylation sites (N-methyl/N-ethyl adjacent to an activating group) is 2. The second-order valence-electron chi connectivity index (χ2n) is 4.18. The molecule has 3 N–H and O–H groups in total. The normalized spacial score (nSPS) is 9.89. The minimum absolute atomic E-state index is 0.0286. The lowest BCUT2D eigenvalue weighted by molar-refractivity contribution is -0.121. The van der Waals surface area contributed by atoms with E-state index in [0.717, 1.165) is 24.2 Å². The molecule has 1 rings (SSSR count). The number of carbonyl (C=O) groups excluding carboxylic acids is 1. The number of nitrogens with zero attached hydrogens (tertiary/aromatic N) is 1. The summed E-state index contributed by atoms with van der Waals surface area (Å²) in [6.07, 6.45) is 0. The lowest BCUT2D eigenvalue weighted by atomic mass is 10.1. The molecule has 0 unspecified atom stereocenters. The Morgan fingerprint density at radius 3 is 2.89 bits per heavy atom.